The van der Waals surface area contributed by atoms with Crippen LogP contribution in [0.25, 0.3) is 22.3 Å². The van der Waals surface area contributed by atoms with Crippen LogP contribution in [0.5, 0.6) is 5.75 Å². The molecule has 0 saturated carbocycles. The third-order valence-electron chi connectivity index (χ3n) is 5.22. The molecule has 0 atom stereocenters. The maximum Gasteiger partial charge on any atom is 0.254 e. The van der Waals surface area contributed by atoms with Crippen LogP contribution >= 0.6 is 0 Å². The molecule has 6 nitrogen and oxygen atoms in total. The van der Waals surface area contributed by atoms with Gasteiger partial charge in [-0.3, -0.25) is 4.79 Å². The third kappa shape index (κ3) is 4.32. The highest BCUT2D eigenvalue weighted by Crippen LogP contribution is 2.27. The molecule has 0 saturated heterocycles. The maximum atomic E-state index is 13.8. The van der Waals surface area contributed by atoms with Crippen LogP contribution in [0.3, 0.4) is 0 Å². The van der Waals surface area contributed by atoms with E-state index in [1.54, 1.807) is 42.4 Å². The van der Waals surface area contributed by atoms with E-state index >= 15 is 0 Å². The number of amides is 1. The van der Waals surface area contributed by atoms with Crippen molar-refractivity contribution in [3.8, 4) is 17.0 Å². The number of carbonyl (C=O) groups is 1. The number of pyridine rings is 1. The lowest BCUT2D eigenvalue weighted by atomic mass is 10.1. The first-order valence-corrected chi connectivity index (χ1v) is 10.5. The summed E-state index contributed by atoms with van der Waals surface area (Å²) >= 11 is 0. The highest BCUT2D eigenvalue weighted by atomic mass is 19.1. The van der Waals surface area contributed by atoms with Gasteiger partial charge in [-0.25, -0.2) is 14.1 Å². The zero-order chi connectivity index (χ0) is 22.7. The molecule has 4 rings (SSSR count). The lowest BCUT2D eigenvalue weighted by Crippen LogP contribution is -2.31. The van der Waals surface area contributed by atoms with Crippen molar-refractivity contribution in [3.63, 3.8) is 0 Å². The summed E-state index contributed by atoms with van der Waals surface area (Å²) in [4.78, 5) is 19.7. The Labute approximate surface area is 186 Å². The molecule has 7 heteroatoms. The minimum absolute atomic E-state index is 0.0980. The number of likely N-dealkylation sites (N-methyl/N-ethyl adjacent to an activating group) is 1. The molecular formula is C25H25FN4O2. The van der Waals surface area contributed by atoms with E-state index in [9.17, 15) is 9.18 Å². The van der Waals surface area contributed by atoms with E-state index in [1.807, 2.05) is 48.9 Å². The van der Waals surface area contributed by atoms with Crippen LogP contribution < -0.4 is 4.74 Å². The van der Waals surface area contributed by atoms with Gasteiger partial charge in [-0.15, -0.1) is 0 Å². The van der Waals surface area contributed by atoms with Crippen molar-refractivity contribution < 1.29 is 13.9 Å². The Kier molecular flexibility index (Phi) is 6.16. The average Bonchev–Trinajstić information content (AvgIpc) is 3.24. The number of halogens is 1. The molecule has 0 aliphatic carbocycles. The summed E-state index contributed by atoms with van der Waals surface area (Å²) < 4.78 is 21.1. The van der Waals surface area contributed by atoms with Crippen molar-refractivity contribution in [2.75, 3.05) is 20.2 Å². The number of para-hydroxylation sites is 1. The van der Waals surface area contributed by atoms with Crippen LogP contribution in [0.2, 0.25) is 0 Å². The summed E-state index contributed by atoms with van der Waals surface area (Å²) in [5.74, 6) is -0.426. The monoisotopic (exact) mass is 432 g/mol. The Bertz CT molecular complexity index is 1240. The van der Waals surface area contributed by atoms with Crippen LogP contribution in [-0.2, 0) is 0 Å². The van der Waals surface area contributed by atoms with E-state index in [-0.39, 0.29) is 24.3 Å². The molecule has 0 fully saturated rings. The molecule has 2 aromatic carbocycles. The van der Waals surface area contributed by atoms with Gasteiger partial charge in [-0.05, 0) is 32.0 Å². The number of rotatable bonds is 7. The second kappa shape index (κ2) is 9.18. The molecule has 4 aromatic rings. The van der Waals surface area contributed by atoms with E-state index in [0.717, 1.165) is 5.56 Å². The summed E-state index contributed by atoms with van der Waals surface area (Å²) in [6, 6.07) is 17.9. The van der Waals surface area contributed by atoms with Crippen LogP contribution in [0.1, 0.15) is 30.2 Å². The number of hydrogen-bond acceptors (Lipinski definition) is 4. The second-order valence-corrected chi connectivity index (χ2v) is 7.85. The summed E-state index contributed by atoms with van der Waals surface area (Å²) in [6.07, 6.45) is 1.69. The fraction of sp³-hybridized carbons (Fsp3) is 0.240. The second-order valence-electron chi connectivity index (χ2n) is 7.85. The molecule has 32 heavy (non-hydrogen) atoms. The van der Waals surface area contributed by atoms with Crippen LogP contribution in [0.15, 0.2) is 66.9 Å². The molecule has 2 aromatic heterocycles. The van der Waals surface area contributed by atoms with Gasteiger partial charge in [0.05, 0.1) is 29.4 Å². The number of ether oxygens (including phenoxy) is 1. The van der Waals surface area contributed by atoms with Crippen molar-refractivity contribution in [2.45, 2.75) is 19.9 Å². The Morgan fingerprint density at radius 1 is 1.12 bits per heavy atom. The van der Waals surface area contributed by atoms with Crippen molar-refractivity contribution in [3.05, 3.63) is 78.2 Å². The van der Waals surface area contributed by atoms with E-state index < -0.39 is 5.82 Å². The van der Waals surface area contributed by atoms with Crippen molar-refractivity contribution >= 4 is 16.9 Å². The van der Waals surface area contributed by atoms with Gasteiger partial charge in [0.15, 0.2) is 17.2 Å². The number of hydrogen-bond donors (Lipinski definition) is 0. The minimum Gasteiger partial charge on any atom is -0.489 e. The molecule has 2 heterocycles. The molecule has 0 spiro atoms. The fourth-order valence-corrected chi connectivity index (χ4v) is 3.49. The van der Waals surface area contributed by atoms with Gasteiger partial charge in [0.2, 0.25) is 0 Å². The number of nitrogens with zero attached hydrogens (tertiary/aromatic N) is 4. The molecule has 0 bridgehead atoms. The van der Waals surface area contributed by atoms with Gasteiger partial charge in [-0.2, -0.15) is 5.10 Å². The summed E-state index contributed by atoms with van der Waals surface area (Å²) in [6.45, 7) is 4.53. The van der Waals surface area contributed by atoms with Gasteiger partial charge in [-0.1, -0.05) is 42.5 Å². The highest BCUT2D eigenvalue weighted by Gasteiger charge is 2.21. The predicted molar refractivity (Wildman–Crippen MR) is 122 cm³/mol. The van der Waals surface area contributed by atoms with Gasteiger partial charge >= 0.3 is 0 Å². The zero-order valence-corrected chi connectivity index (χ0v) is 18.3. The zero-order valence-electron chi connectivity index (χ0n) is 18.3. The van der Waals surface area contributed by atoms with E-state index in [0.29, 0.717) is 28.8 Å². The first kappa shape index (κ1) is 21.5. The van der Waals surface area contributed by atoms with E-state index in [2.05, 4.69) is 5.10 Å². The Morgan fingerprint density at radius 3 is 2.56 bits per heavy atom. The quantitative estimate of drug-likeness (QED) is 0.414. The maximum absolute atomic E-state index is 13.8. The van der Waals surface area contributed by atoms with E-state index in [1.165, 1.54) is 6.07 Å². The van der Waals surface area contributed by atoms with Crippen molar-refractivity contribution in [2.24, 2.45) is 0 Å². The Hall–Kier alpha value is -3.74. The first-order valence-electron chi connectivity index (χ1n) is 10.5. The SMILES string of the molecule is CC(C)n1ncc2c(C(=O)N(C)CCOc3ccccc3F)cc(-c3ccccc3)nc21. The Balaban J connectivity index is 1.63. The number of benzene rings is 2. The molecule has 0 radical (unpaired) electrons. The lowest BCUT2D eigenvalue weighted by Gasteiger charge is -2.19. The number of carbonyl (C=O) groups excluding carboxylic acids is 1. The smallest absolute Gasteiger partial charge is 0.254 e. The molecule has 0 aliphatic heterocycles. The van der Waals surface area contributed by atoms with Gasteiger partial charge < -0.3 is 9.64 Å². The normalized spacial score (nSPS) is 11.2. The lowest BCUT2D eigenvalue weighted by molar-refractivity contribution is 0.0775. The summed E-state index contributed by atoms with van der Waals surface area (Å²) in [7, 11) is 1.70. The van der Waals surface area contributed by atoms with Crippen LogP contribution in [0, 0.1) is 5.82 Å². The topological polar surface area (TPSA) is 60.2 Å². The molecule has 0 unspecified atom stereocenters. The largest absolute Gasteiger partial charge is 0.489 e. The molecule has 164 valence electrons. The minimum atomic E-state index is -0.425. The average molecular weight is 432 g/mol. The van der Waals surface area contributed by atoms with Gasteiger partial charge in [0.1, 0.15) is 6.61 Å². The van der Waals surface area contributed by atoms with Crippen LogP contribution in [-0.4, -0.2) is 45.8 Å². The van der Waals surface area contributed by atoms with Crippen LogP contribution in [0.4, 0.5) is 4.39 Å². The summed E-state index contributed by atoms with van der Waals surface area (Å²) in [5.41, 5.74) is 2.82. The fourth-order valence-electron chi connectivity index (χ4n) is 3.49. The standard InChI is InChI=1S/C25H25FN4O2/c1-17(2)30-24-20(16-27-30)19(15-22(28-24)18-9-5-4-6-10-18)25(31)29(3)13-14-32-23-12-8-7-11-21(23)26/h4-12,15-17H,13-14H2,1-3H3. The van der Waals surface area contributed by atoms with Gasteiger partial charge in [0.25, 0.3) is 5.91 Å². The molecular weight excluding hydrogens is 407 g/mol. The molecule has 1 amide bonds. The molecule has 0 aliphatic rings. The van der Waals surface area contributed by atoms with Crippen molar-refractivity contribution in [1.29, 1.82) is 0 Å². The number of fused-ring (bicyclic) bond motifs is 1. The van der Waals surface area contributed by atoms with Crippen molar-refractivity contribution in [1.82, 2.24) is 19.7 Å². The number of aromatic nitrogens is 3. The summed E-state index contributed by atoms with van der Waals surface area (Å²) in [5, 5.41) is 5.16. The first-order chi connectivity index (χ1) is 15.5. The predicted octanol–water partition coefficient (Wildman–Crippen LogP) is 4.97. The van der Waals surface area contributed by atoms with Gasteiger partial charge in [0, 0.05) is 18.7 Å². The Morgan fingerprint density at radius 2 is 1.84 bits per heavy atom. The highest BCUT2D eigenvalue weighted by molar-refractivity contribution is 6.06. The van der Waals surface area contributed by atoms with E-state index in [4.69, 9.17) is 9.72 Å². The molecule has 0 N–H and O–H groups in total. The third-order valence-corrected chi connectivity index (χ3v) is 5.22.